The second kappa shape index (κ2) is 6.43. The van der Waals surface area contributed by atoms with Crippen LogP contribution in [0, 0.1) is 12.3 Å². The fourth-order valence-corrected chi connectivity index (χ4v) is 1.82. The van der Waals surface area contributed by atoms with E-state index in [-0.39, 0.29) is 18.4 Å². The summed E-state index contributed by atoms with van der Waals surface area (Å²) in [6, 6.07) is 7.02. The van der Waals surface area contributed by atoms with Gasteiger partial charge in [0.15, 0.2) is 0 Å². The molecule has 0 aliphatic rings. The van der Waals surface area contributed by atoms with Crippen molar-refractivity contribution in [3.8, 4) is 12.3 Å². The number of terminal acetylenes is 1. The molecule has 4 heteroatoms. The van der Waals surface area contributed by atoms with Crippen molar-refractivity contribution in [2.75, 3.05) is 0 Å². The van der Waals surface area contributed by atoms with Crippen molar-refractivity contribution in [3.05, 3.63) is 34.3 Å². The maximum atomic E-state index is 11.7. The third-order valence-corrected chi connectivity index (χ3v) is 2.88. The number of benzene rings is 1. The molecule has 90 valence electrons. The fourth-order valence-electron chi connectivity index (χ4n) is 1.40. The Balaban J connectivity index is 2.64. The van der Waals surface area contributed by atoms with E-state index in [4.69, 9.17) is 12.2 Å². The lowest BCUT2D eigenvalue weighted by Gasteiger charge is -2.17. The van der Waals surface area contributed by atoms with E-state index in [2.05, 4.69) is 27.2 Å². The van der Waals surface area contributed by atoms with Gasteiger partial charge in [-0.15, -0.1) is 12.3 Å². The zero-order chi connectivity index (χ0) is 12.8. The highest BCUT2D eigenvalue weighted by atomic mass is 79.9. The van der Waals surface area contributed by atoms with Crippen LogP contribution in [0.1, 0.15) is 24.9 Å². The van der Waals surface area contributed by atoms with Gasteiger partial charge in [-0.1, -0.05) is 28.1 Å². The summed E-state index contributed by atoms with van der Waals surface area (Å²) in [4.78, 5) is 11.7. The average molecular weight is 295 g/mol. The molecule has 17 heavy (non-hydrogen) atoms. The molecule has 1 aromatic rings. The number of carbonyl (C=O) groups excluding carboxylic acids is 1. The molecule has 0 spiro atoms. The second-order valence-corrected chi connectivity index (χ2v) is 4.72. The SMILES string of the molecule is C#CCC(N)C(=O)N[C@H](C)c1cccc(Br)c1. The van der Waals surface area contributed by atoms with Crippen molar-refractivity contribution in [3.63, 3.8) is 0 Å². The zero-order valence-electron chi connectivity index (χ0n) is 9.61. The van der Waals surface area contributed by atoms with Gasteiger partial charge in [-0.05, 0) is 24.6 Å². The highest BCUT2D eigenvalue weighted by Gasteiger charge is 2.15. The number of rotatable bonds is 4. The van der Waals surface area contributed by atoms with Gasteiger partial charge in [0, 0.05) is 10.9 Å². The summed E-state index contributed by atoms with van der Waals surface area (Å²) < 4.78 is 0.976. The molecule has 0 aromatic heterocycles. The van der Waals surface area contributed by atoms with Crippen LogP contribution in [-0.2, 0) is 4.79 Å². The molecule has 0 bridgehead atoms. The highest BCUT2D eigenvalue weighted by Crippen LogP contribution is 2.17. The van der Waals surface area contributed by atoms with E-state index in [0.717, 1.165) is 10.0 Å². The number of halogens is 1. The third-order valence-electron chi connectivity index (χ3n) is 2.38. The fraction of sp³-hybridized carbons (Fsp3) is 0.308. The Morgan fingerprint density at radius 3 is 2.94 bits per heavy atom. The lowest BCUT2D eigenvalue weighted by Crippen LogP contribution is -2.41. The Kier molecular flexibility index (Phi) is 5.20. The van der Waals surface area contributed by atoms with Crippen LogP contribution in [0.3, 0.4) is 0 Å². The van der Waals surface area contributed by atoms with Crippen LogP contribution in [0.15, 0.2) is 28.7 Å². The van der Waals surface area contributed by atoms with Gasteiger partial charge in [0.25, 0.3) is 0 Å². The van der Waals surface area contributed by atoms with Crippen LogP contribution < -0.4 is 11.1 Å². The molecule has 0 heterocycles. The predicted molar refractivity (Wildman–Crippen MR) is 72.1 cm³/mol. The lowest BCUT2D eigenvalue weighted by atomic mass is 10.1. The van der Waals surface area contributed by atoms with E-state index >= 15 is 0 Å². The summed E-state index contributed by atoms with van der Waals surface area (Å²) in [5.74, 6) is 2.15. The van der Waals surface area contributed by atoms with Crippen LogP contribution in [0.2, 0.25) is 0 Å². The maximum Gasteiger partial charge on any atom is 0.238 e. The lowest BCUT2D eigenvalue weighted by molar-refractivity contribution is -0.122. The minimum Gasteiger partial charge on any atom is -0.348 e. The van der Waals surface area contributed by atoms with Gasteiger partial charge < -0.3 is 11.1 Å². The van der Waals surface area contributed by atoms with Crippen molar-refractivity contribution in [2.24, 2.45) is 5.73 Å². The quantitative estimate of drug-likeness (QED) is 0.835. The van der Waals surface area contributed by atoms with Crippen LogP contribution in [-0.4, -0.2) is 11.9 Å². The molecule has 0 radical (unpaired) electrons. The van der Waals surface area contributed by atoms with Crippen LogP contribution >= 0.6 is 15.9 Å². The van der Waals surface area contributed by atoms with Gasteiger partial charge >= 0.3 is 0 Å². The molecule has 1 amide bonds. The molecular formula is C13H15BrN2O. The first-order valence-corrected chi connectivity index (χ1v) is 6.08. The minimum absolute atomic E-state index is 0.0937. The summed E-state index contributed by atoms with van der Waals surface area (Å²) in [6.45, 7) is 1.91. The number of nitrogens with one attached hydrogen (secondary N) is 1. The molecule has 1 unspecified atom stereocenters. The molecule has 1 aromatic carbocycles. The Hall–Kier alpha value is -1.31. The number of hydrogen-bond acceptors (Lipinski definition) is 2. The van der Waals surface area contributed by atoms with E-state index in [1.165, 1.54) is 0 Å². The Labute approximate surface area is 110 Å². The van der Waals surface area contributed by atoms with Crippen molar-refractivity contribution < 1.29 is 4.79 Å². The van der Waals surface area contributed by atoms with Crippen LogP contribution in [0.4, 0.5) is 0 Å². The maximum absolute atomic E-state index is 11.7. The first-order chi connectivity index (χ1) is 8.04. The summed E-state index contributed by atoms with van der Waals surface area (Å²) in [5.41, 5.74) is 6.63. The first kappa shape index (κ1) is 13.8. The highest BCUT2D eigenvalue weighted by molar-refractivity contribution is 9.10. The molecule has 0 fully saturated rings. The van der Waals surface area contributed by atoms with E-state index in [9.17, 15) is 4.79 Å². The summed E-state index contributed by atoms with van der Waals surface area (Å²) in [6.07, 6.45) is 5.36. The van der Waals surface area contributed by atoms with Crippen molar-refractivity contribution >= 4 is 21.8 Å². The molecule has 2 atom stereocenters. The molecule has 1 rings (SSSR count). The van der Waals surface area contributed by atoms with E-state index in [0.29, 0.717) is 0 Å². The van der Waals surface area contributed by atoms with Crippen molar-refractivity contribution in [1.82, 2.24) is 5.32 Å². The zero-order valence-corrected chi connectivity index (χ0v) is 11.2. The summed E-state index contributed by atoms with van der Waals surface area (Å²) >= 11 is 3.39. The van der Waals surface area contributed by atoms with Gasteiger partial charge in [0.1, 0.15) is 0 Å². The topological polar surface area (TPSA) is 55.1 Å². The monoisotopic (exact) mass is 294 g/mol. The third kappa shape index (κ3) is 4.22. The van der Waals surface area contributed by atoms with Crippen molar-refractivity contribution in [1.29, 1.82) is 0 Å². The van der Waals surface area contributed by atoms with E-state index in [1.807, 2.05) is 31.2 Å². The van der Waals surface area contributed by atoms with Crippen molar-refractivity contribution in [2.45, 2.75) is 25.4 Å². The number of amides is 1. The molecular weight excluding hydrogens is 280 g/mol. The van der Waals surface area contributed by atoms with Gasteiger partial charge in [-0.25, -0.2) is 0 Å². The Bertz CT molecular complexity index is 439. The first-order valence-electron chi connectivity index (χ1n) is 5.29. The van der Waals surface area contributed by atoms with Gasteiger partial charge in [-0.3, -0.25) is 4.79 Å². The molecule has 0 saturated carbocycles. The van der Waals surface area contributed by atoms with Gasteiger partial charge in [0.2, 0.25) is 5.91 Å². The van der Waals surface area contributed by atoms with E-state index < -0.39 is 6.04 Å². The Morgan fingerprint density at radius 2 is 2.35 bits per heavy atom. The van der Waals surface area contributed by atoms with Gasteiger partial charge in [0.05, 0.1) is 12.1 Å². The summed E-state index contributed by atoms with van der Waals surface area (Å²) in [7, 11) is 0. The van der Waals surface area contributed by atoms with Gasteiger partial charge in [-0.2, -0.15) is 0 Å². The van der Waals surface area contributed by atoms with E-state index in [1.54, 1.807) is 0 Å². The van der Waals surface area contributed by atoms with Crippen LogP contribution in [0.25, 0.3) is 0 Å². The molecule has 3 nitrogen and oxygen atoms in total. The largest absolute Gasteiger partial charge is 0.348 e. The minimum atomic E-state index is -0.644. The standard InChI is InChI=1S/C13H15BrN2O/c1-3-5-12(15)13(17)16-9(2)10-6-4-7-11(14)8-10/h1,4,6-9,12H,5,15H2,2H3,(H,16,17)/t9-,12?/m1/s1. The summed E-state index contributed by atoms with van der Waals surface area (Å²) in [5, 5.41) is 2.83. The Morgan fingerprint density at radius 1 is 1.65 bits per heavy atom. The van der Waals surface area contributed by atoms with Crippen LogP contribution in [0.5, 0.6) is 0 Å². The number of hydrogen-bond donors (Lipinski definition) is 2. The smallest absolute Gasteiger partial charge is 0.238 e. The second-order valence-electron chi connectivity index (χ2n) is 3.80. The molecule has 0 aliphatic carbocycles. The molecule has 3 N–H and O–H groups in total. The molecule has 0 aliphatic heterocycles. The number of nitrogens with two attached hydrogens (primary N) is 1. The number of carbonyl (C=O) groups is 1. The average Bonchev–Trinajstić information content (AvgIpc) is 2.29. The molecule has 0 saturated heterocycles. The normalized spacial score (nSPS) is 13.5. The predicted octanol–water partition coefficient (Wildman–Crippen LogP) is 1.98.